The number of rotatable bonds is 6. The van der Waals surface area contributed by atoms with Crippen molar-refractivity contribution < 1.29 is 18.7 Å². The number of benzene rings is 2. The molecule has 0 bridgehead atoms. The van der Waals surface area contributed by atoms with Crippen LogP contribution in [0, 0.1) is 5.82 Å². The Labute approximate surface area is 133 Å². The fourth-order valence-corrected chi connectivity index (χ4v) is 2.94. The Hall–Kier alpha value is -2.01. The molecule has 0 amide bonds. The van der Waals surface area contributed by atoms with E-state index in [0.717, 1.165) is 4.90 Å². The molecule has 0 spiro atoms. The zero-order valence-electron chi connectivity index (χ0n) is 12.6. The molecule has 3 nitrogen and oxygen atoms in total. The van der Waals surface area contributed by atoms with Crippen molar-refractivity contribution in [2.24, 2.45) is 0 Å². The number of carbonyl (C=O) groups excluding carboxylic acids is 1. The predicted octanol–water partition coefficient (Wildman–Crippen LogP) is 4.21. The van der Waals surface area contributed by atoms with Crippen LogP contribution >= 0.6 is 11.8 Å². The van der Waals surface area contributed by atoms with Crippen molar-refractivity contribution in [1.29, 1.82) is 0 Å². The molecule has 2 aromatic carbocycles. The normalized spacial score (nSPS) is 11.8. The van der Waals surface area contributed by atoms with Crippen molar-refractivity contribution in [2.45, 2.75) is 17.1 Å². The average molecular weight is 320 g/mol. The molecule has 0 fully saturated rings. The molecule has 2 aromatic rings. The third kappa shape index (κ3) is 3.80. The smallest absolute Gasteiger partial charge is 0.176 e. The number of carbonyl (C=O) groups is 1. The van der Waals surface area contributed by atoms with Crippen LogP contribution in [0.4, 0.5) is 4.39 Å². The Bertz CT molecular complexity index is 655. The minimum absolute atomic E-state index is 0.0183. The zero-order chi connectivity index (χ0) is 16.1. The third-order valence-electron chi connectivity index (χ3n) is 3.16. The average Bonchev–Trinajstić information content (AvgIpc) is 2.55. The van der Waals surface area contributed by atoms with Gasteiger partial charge in [-0.15, -0.1) is 11.8 Å². The predicted molar refractivity (Wildman–Crippen MR) is 85.6 cm³/mol. The van der Waals surface area contributed by atoms with Crippen LogP contribution in [0.25, 0.3) is 0 Å². The van der Waals surface area contributed by atoms with E-state index in [1.807, 2.05) is 6.92 Å². The number of Topliss-reactive ketones (excluding diaryl/α,β-unsaturated/α-hetero) is 1. The molecule has 5 heteroatoms. The minimum Gasteiger partial charge on any atom is -0.493 e. The minimum atomic E-state index is -0.289. The highest BCUT2D eigenvalue weighted by Gasteiger charge is 2.18. The van der Waals surface area contributed by atoms with E-state index >= 15 is 0 Å². The molecule has 0 radical (unpaired) electrons. The van der Waals surface area contributed by atoms with Gasteiger partial charge in [0.15, 0.2) is 17.3 Å². The van der Waals surface area contributed by atoms with Gasteiger partial charge in [0.2, 0.25) is 0 Å². The lowest BCUT2D eigenvalue weighted by Crippen LogP contribution is -2.13. The number of ketones is 1. The molecular formula is C17H17FO3S. The molecule has 0 saturated carbocycles. The maximum absolute atomic E-state index is 12.9. The molecule has 0 aliphatic heterocycles. The summed E-state index contributed by atoms with van der Waals surface area (Å²) in [5.74, 6) is 0.795. The summed E-state index contributed by atoms with van der Waals surface area (Å²) < 4.78 is 23.3. The molecular weight excluding hydrogens is 303 g/mol. The van der Waals surface area contributed by atoms with E-state index in [-0.39, 0.29) is 16.9 Å². The second kappa shape index (κ2) is 7.31. The van der Waals surface area contributed by atoms with Gasteiger partial charge < -0.3 is 9.47 Å². The van der Waals surface area contributed by atoms with Gasteiger partial charge in [-0.1, -0.05) is 0 Å². The van der Waals surface area contributed by atoms with Crippen molar-refractivity contribution in [1.82, 2.24) is 0 Å². The lowest BCUT2D eigenvalue weighted by molar-refractivity contribution is 0.0993. The Morgan fingerprint density at radius 2 is 1.68 bits per heavy atom. The summed E-state index contributed by atoms with van der Waals surface area (Å²) in [5, 5.41) is -0.288. The Balaban J connectivity index is 2.14. The highest BCUT2D eigenvalue weighted by molar-refractivity contribution is 8.00. The lowest BCUT2D eigenvalue weighted by Gasteiger charge is -2.13. The number of halogens is 1. The van der Waals surface area contributed by atoms with Crippen LogP contribution in [0.1, 0.15) is 17.3 Å². The molecule has 22 heavy (non-hydrogen) atoms. The van der Waals surface area contributed by atoms with E-state index in [4.69, 9.17) is 9.47 Å². The first-order chi connectivity index (χ1) is 10.5. The van der Waals surface area contributed by atoms with Crippen molar-refractivity contribution >= 4 is 17.5 Å². The summed E-state index contributed by atoms with van der Waals surface area (Å²) in [5.41, 5.74) is 0.555. The van der Waals surface area contributed by atoms with Gasteiger partial charge in [-0.3, -0.25) is 4.79 Å². The maximum Gasteiger partial charge on any atom is 0.176 e. The standard InChI is InChI=1S/C17H17FO3S/c1-11(22-14-7-5-13(18)6-8-14)17(19)12-4-9-15(20-2)16(10-12)21-3/h4-11H,1-3H3. The van der Waals surface area contributed by atoms with Crippen LogP contribution in [-0.4, -0.2) is 25.3 Å². The van der Waals surface area contributed by atoms with E-state index in [2.05, 4.69) is 0 Å². The monoisotopic (exact) mass is 320 g/mol. The van der Waals surface area contributed by atoms with E-state index in [0.29, 0.717) is 17.1 Å². The molecule has 0 N–H and O–H groups in total. The van der Waals surface area contributed by atoms with Crippen LogP contribution < -0.4 is 9.47 Å². The van der Waals surface area contributed by atoms with Gasteiger partial charge in [0, 0.05) is 10.5 Å². The molecule has 1 atom stereocenters. The first-order valence-electron chi connectivity index (χ1n) is 6.73. The molecule has 0 saturated heterocycles. The van der Waals surface area contributed by atoms with Crippen molar-refractivity contribution in [3.05, 3.63) is 53.8 Å². The van der Waals surface area contributed by atoms with Crippen molar-refractivity contribution in [3.8, 4) is 11.5 Å². The maximum atomic E-state index is 12.9. The first kappa shape index (κ1) is 16.4. The summed E-state index contributed by atoms with van der Waals surface area (Å²) in [6.45, 7) is 1.83. The lowest BCUT2D eigenvalue weighted by atomic mass is 10.1. The largest absolute Gasteiger partial charge is 0.493 e. The second-order valence-corrected chi connectivity index (χ2v) is 6.06. The summed E-state index contributed by atoms with van der Waals surface area (Å²) in [7, 11) is 3.08. The van der Waals surface area contributed by atoms with Crippen molar-refractivity contribution in [2.75, 3.05) is 14.2 Å². The fourth-order valence-electron chi connectivity index (χ4n) is 2.00. The molecule has 0 aliphatic rings. The SMILES string of the molecule is COc1ccc(C(=O)C(C)Sc2ccc(F)cc2)cc1OC. The molecule has 0 aliphatic carbocycles. The Morgan fingerprint density at radius 3 is 2.27 bits per heavy atom. The third-order valence-corrected chi connectivity index (χ3v) is 4.28. The van der Waals surface area contributed by atoms with Gasteiger partial charge in [0.05, 0.1) is 19.5 Å². The highest BCUT2D eigenvalue weighted by Crippen LogP contribution is 2.30. The van der Waals surface area contributed by atoms with Crippen LogP contribution in [0.2, 0.25) is 0 Å². The molecule has 0 heterocycles. The van der Waals surface area contributed by atoms with Crippen molar-refractivity contribution in [3.63, 3.8) is 0 Å². The number of thioether (sulfide) groups is 1. The number of ether oxygens (including phenoxy) is 2. The van der Waals surface area contributed by atoms with Crippen LogP contribution in [-0.2, 0) is 0 Å². The van der Waals surface area contributed by atoms with Gasteiger partial charge >= 0.3 is 0 Å². The van der Waals surface area contributed by atoms with E-state index in [1.54, 1.807) is 37.4 Å². The van der Waals surface area contributed by atoms with Gasteiger partial charge in [-0.05, 0) is 49.4 Å². The van der Waals surface area contributed by atoms with Gasteiger partial charge in [0.25, 0.3) is 0 Å². The number of hydrogen-bond acceptors (Lipinski definition) is 4. The van der Waals surface area contributed by atoms with E-state index in [9.17, 15) is 9.18 Å². The summed E-state index contributed by atoms with van der Waals surface area (Å²) in [6, 6.07) is 11.2. The summed E-state index contributed by atoms with van der Waals surface area (Å²) in [6.07, 6.45) is 0. The molecule has 116 valence electrons. The van der Waals surface area contributed by atoms with Gasteiger partial charge in [-0.2, -0.15) is 0 Å². The quantitative estimate of drug-likeness (QED) is 0.590. The Kier molecular flexibility index (Phi) is 5.44. The summed E-state index contributed by atoms with van der Waals surface area (Å²) in [4.78, 5) is 13.3. The Morgan fingerprint density at radius 1 is 1.05 bits per heavy atom. The number of hydrogen-bond donors (Lipinski definition) is 0. The van der Waals surface area contributed by atoms with Gasteiger partial charge in [-0.25, -0.2) is 4.39 Å². The second-order valence-electron chi connectivity index (χ2n) is 4.65. The van der Waals surface area contributed by atoms with Crippen LogP contribution in [0.3, 0.4) is 0 Å². The molecule has 1 unspecified atom stereocenters. The first-order valence-corrected chi connectivity index (χ1v) is 7.61. The summed E-state index contributed by atoms with van der Waals surface area (Å²) >= 11 is 1.39. The number of methoxy groups -OCH3 is 2. The molecule has 0 aromatic heterocycles. The fraction of sp³-hybridized carbons (Fsp3) is 0.235. The zero-order valence-corrected chi connectivity index (χ0v) is 13.4. The van der Waals surface area contributed by atoms with Crippen LogP contribution in [0.5, 0.6) is 11.5 Å². The van der Waals surface area contributed by atoms with Gasteiger partial charge in [0.1, 0.15) is 5.82 Å². The molecule has 2 rings (SSSR count). The van der Waals surface area contributed by atoms with Crippen LogP contribution in [0.15, 0.2) is 47.4 Å². The van der Waals surface area contributed by atoms with E-state index < -0.39 is 0 Å². The topological polar surface area (TPSA) is 35.5 Å². The van der Waals surface area contributed by atoms with E-state index in [1.165, 1.54) is 31.0 Å². The highest BCUT2D eigenvalue weighted by atomic mass is 32.2.